The Morgan fingerprint density at radius 1 is 1.37 bits per heavy atom. The van der Waals surface area contributed by atoms with E-state index in [0.29, 0.717) is 12.0 Å². The summed E-state index contributed by atoms with van der Waals surface area (Å²) in [7, 11) is 0. The lowest BCUT2D eigenvalue weighted by atomic mass is 10.0. The lowest BCUT2D eigenvalue weighted by molar-refractivity contribution is 0.237. The van der Waals surface area contributed by atoms with Crippen molar-refractivity contribution in [3.63, 3.8) is 0 Å². The Kier molecular flexibility index (Phi) is 5.12. The molecule has 1 saturated heterocycles. The maximum Gasteiger partial charge on any atom is 0.122 e. The first-order valence-corrected chi connectivity index (χ1v) is 7.62. The van der Waals surface area contributed by atoms with Crippen molar-refractivity contribution in [1.29, 1.82) is 0 Å². The molecular formula is C16H24ClNO. The van der Waals surface area contributed by atoms with Crippen molar-refractivity contribution in [3.05, 3.63) is 28.3 Å². The summed E-state index contributed by atoms with van der Waals surface area (Å²) < 4.78 is 6.00. The molecule has 19 heavy (non-hydrogen) atoms. The van der Waals surface area contributed by atoms with Gasteiger partial charge in [0.1, 0.15) is 12.4 Å². The number of hydrogen-bond acceptors (Lipinski definition) is 2. The summed E-state index contributed by atoms with van der Waals surface area (Å²) in [5.41, 5.74) is 2.28. The summed E-state index contributed by atoms with van der Waals surface area (Å²) in [6.45, 7) is 8.23. The summed E-state index contributed by atoms with van der Waals surface area (Å²) in [5, 5.41) is 4.35. The number of ether oxygens (including phenoxy) is 1. The Bertz CT molecular complexity index is 425. The summed E-state index contributed by atoms with van der Waals surface area (Å²) in [6.07, 6.45) is 3.80. The number of aryl methyl sites for hydroxylation is 1. The molecule has 1 aromatic carbocycles. The van der Waals surface area contributed by atoms with Gasteiger partial charge in [-0.3, -0.25) is 0 Å². The van der Waals surface area contributed by atoms with Crippen molar-refractivity contribution in [2.45, 2.75) is 52.0 Å². The minimum Gasteiger partial charge on any atom is -0.492 e. The van der Waals surface area contributed by atoms with Crippen LogP contribution < -0.4 is 10.1 Å². The van der Waals surface area contributed by atoms with Crippen LogP contribution in [0.4, 0.5) is 0 Å². The lowest BCUT2D eigenvalue weighted by Gasteiger charge is -2.24. The molecule has 3 heteroatoms. The van der Waals surface area contributed by atoms with E-state index in [4.69, 9.17) is 16.3 Å². The minimum atomic E-state index is 0.420. The molecule has 2 nitrogen and oxygen atoms in total. The van der Waals surface area contributed by atoms with Crippen LogP contribution >= 0.6 is 11.6 Å². The summed E-state index contributed by atoms with van der Waals surface area (Å²) in [4.78, 5) is 0. The molecule has 0 saturated carbocycles. The summed E-state index contributed by atoms with van der Waals surface area (Å²) in [6, 6.07) is 4.61. The van der Waals surface area contributed by atoms with E-state index < -0.39 is 0 Å². The van der Waals surface area contributed by atoms with Gasteiger partial charge in [-0.25, -0.2) is 0 Å². The largest absolute Gasteiger partial charge is 0.492 e. The molecule has 0 spiro atoms. The highest BCUT2D eigenvalue weighted by Crippen LogP contribution is 2.31. The van der Waals surface area contributed by atoms with Gasteiger partial charge in [-0.15, -0.1) is 0 Å². The molecule has 0 amide bonds. The highest BCUT2D eigenvalue weighted by molar-refractivity contribution is 6.31. The van der Waals surface area contributed by atoms with E-state index in [2.05, 4.69) is 32.2 Å². The third kappa shape index (κ3) is 3.87. The predicted octanol–water partition coefficient (Wildman–Crippen LogP) is 4.29. The van der Waals surface area contributed by atoms with E-state index in [-0.39, 0.29) is 0 Å². The van der Waals surface area contributed by atoms with Gasteiger partial charge in [-0.05, 0) is 55.5 Å². The number of benzene rings is 1. The number of nitrogens with one attached hydrogen (secondary N) is 1. The molecule has 1 heterocycles. The molecule has 2 rings (SSSR count). The molecule has 1 unspecified atom stereocenters. The molecule has 1 aliphatic heterocycles. The van der Waals surface area contributed by atoms with Crippen LogP contribution in [0.2, 0.25) is 5.02 Å². The van der Waals surface area contributed by atoms with Crippen LogP contribution in [0.1, 0.15) is 50.2 Å². The smallest absolute Gasteiger partial charge is 0.122 e. The molecular weight excluding hydrogens is 258 g/mol. The van der Waals surface area contributed by atoms with Crippen LogP contribution in [0.15, 0.2) is 12.1 Å². The number of piperidine rings is 1. The Labute approximate surface area is 121 Å². The van der Waals surface area contributed by atoms with Crippen LogP contribution in [-0.4, -0.2) is 19.2 Å². The first-order valence-electron chi connectivity index (χ1n) is 7.24. The van der Waals surface area contributed by atoms with Crippen molar-refractivity contribution >= 4 is 11.6 Å². The molecule has 0 aliphatic carbocycles. The Hall–Kier alpha value is -0.730. The van der Waals surface area contributed by atoms with Gasteiger partial charge >= 0.3 is 0 Å². The van der Waals surface area contributed by atoms with Gasteiger partial charge in [0, 0.05) is 11.1 Å². The second-order valence-electron chi connectivity index (χ2n) is 5.75. The normalized spacial score (nSPS) is 19.7. The van der Waals surface area contributed by atoms with Crippen molar-refractivity contribution in [3.8, 4) is 5.75 Å². The monoisotopic (exact) mass is 281 g/mol. The van der Waals surface area contributed by atoms with Gasteiger partial charge in [0.15, 0.2) is 0 Å². The van der Waals surface area contributed by atoms with Crippen molar-refractivity contribution in [1.82, 2.24) is 5.32 Å². The molecule has 1 aliphatic rings. The van der Waals surface area contributed by atoms with Gasteiger partial charge in [0.05, 0.1) is 0 Å². The number of rotatable bonds is 4. The fourth-order valence-electron chi connectivity index (χ4n) is 2.52. The van der Waals surface area contributed by atoms with Crippen LogP contribution in [0.5, 0.6) is 5.75 Å². The molecule has 1 N–H and O–H groups in total. The van der Waals surface area contributed by atoms with Gasteiger partial charge in [-0.1, -0.05) is 31.9 Å². The maximum absolute atomic E-state index is 6.28. The molecule has 0 bridgehead atoms. The standard InChI is InChI=1S/C16H24ClNO/c1-11(2)14-9-16(12(3)8-15(14)17)19-10-13-6-4-5-7-18-13/h8-9,11,13,18H,4-7,10H2,1-3H3. The van der Waals surface area contributed by atoms with Crippen LogP contribution in [0.3, 0.4) is 0 Å². The van der Waals surface area contributed by atoms with Crippen molar-refractivity contribution in [2.75, 3.05) is 13.2 Å². The van der Waals surface area contributed by atoms with Gasteiger partial charge in [0.25, 0.3) is 0 Å². The van der Waals surface area contributed by atoms with E-state index in [1.807, 2.05) is 6.07 Å². The van der Waals surface area contributed by atoms with Gasteiger partial charge < -0.3 is 10.1 Å². The zero-order valence-electron chi connectivity index (χ0n) is 12.1. The SMILES string of the molecule is Cc1cc(Cl)c(C(C)C)cc1OCC1CCCCN1. The fourth-order valence-corrected chi connectivity index (χ4v) is 2.96. The molecule has 1 atom stereocenters. The van der Waals surface area contributed by atoms with Crippen LogP contribution in [0, 0.1) is 6.92 Å². The first kappa shape index (κ1) is 14.7. The average molecular weight is 282 g/mol. The van der Waals surface area contributed by atoms with E-state index in [1.165, 1.54) is 24.8 Å². The second kappa shape index (κ2) is 6.62. The fraction of sp³-hybridized carbons (Fsp3) is 0.625. The third-order valence-corrected chi connectivity index (χ3v) is 4.10. The molecule has 106 valence electrons. The van der Waals surface area contributed by atoms with Crippen molar-refractivity contribution < 1.29 is 4.74 Å². The number of hydrogen-bond donors (Lipinski definition) is 1. The maximum atomic E-state index is 6.28. The summed E-state index contributed by atoms with van der Waals surface area (Å²) >= 11 is 6.28. The number of halogens is 1. The van der Waals surface area contributed by atoms with Crippen LogP contribution in [-0.2, 0) is 0 Å². The predicted molar refractivity (Wildman–Crippen MR) is 81.4 cm³/mol. The molecule has 1 fully saturated rings. The molecule has 1 aromatic rings. The third-order valence-electron chi connectivity index (χ3n) is 3.77. The zero-order valence-corrected chi connectivity index (χ0v) is 12.9. The molecule has 0 aromatic heterocycles. The van der Waals surface area contributed by atoms with E-state index in [1.54, 1.807) is 0 Å². The van der Waals surface area contributed by atoms with Gasteiger partial charge in [-0.2, -0.15) is 0 Å². The lowest BCUT2D eigenvalue weighted by Crippen LogP contribution is -2.38. The van der Waals surface area contributed by atoms with Crippen LogP contribution in [0.25, 0.3) is 0 Å². The van der Waals surface area contributed by atoms with Crippen molar-refractivity contribution in [2.24, 2.45) is 0 Å². The minimum absolute atomic E-state index is 0.420. The quantitative estimate of drug-likeness (QED) is 0.889. The second-order valence-corrected chi connectivity index (χ2v) is 6.16. The van der Waals surface area contributed by atoms with Gasteiger partial charge in [0.2, 0.25) is 0 Å². The van der Waals surface area contributed by atoms with E-state index >= 15 is 0 Å². The molecule has 0 radical (unpaired) electrons. The summed E-state index contributed by atoms with van der Waals surface area (Å²) in [5.74, 6) is 1.39. The zero-order chi connectivity index (χ0) is 13.8. The van der Waals surface area contributed by atoms with E-state index in [0.717, 1.165) is 29.5 Å². The highest BCUT2D eigenvalue weighted by Gasteiger charge is 2.15. The Morgan fingerprint density at radius 2 is 2.16 bits per heavy atom. The highest BCUT2D eigenvalue weighted by atomic mass is 35.5. The topological polar surface area (TPSA) is 21.3 Å². The van der Waals surface area contributed by atoms with E-state index in [9.17, 15) is 0 Å². The average Bonchev–Trinajstić information content (AvgIpc) is 2.38. The Balaban J connectivity index is 2.04. The Morgan fingerprint density at radius 3 is 2.79 bits per heavy atom. The first-order chi connectivity index (χ1) is 9.08.